The molecular weight excluding hydrogens is 110 g/mol. The standard InChI is InChI=1S/C4H5NOS/c6-7-4-2-1-3-5-7/h1-4H,(H,5,6). The molecule has 1 unspecified atom stereocenters. The monoisotopic (exact) mass is 115 g/mol. The summed E-state index contributed by atoms with van der Waals surface area (Å²) < 4.78 is 12.3. The van der Waals surface area contributed by atoms with E-state index in [1.807, 2.05) is 0 Å². The van der Waals surface area contributed by atoms with E-state index in [-0.39, 0.29) is 0 Å². The lowest BCUT2D eigenvalue weighted by atomic mass is 10.6. The Hall–Kier alpha value is -0.410. The van der Waals surface area contributed by atoms with E-state index in [1.165, 1.54) is 0 Å². The van der Waals surface area contributed by atoms with E-state index in [2.05, 4.69) is 4.36 Å². The van der Waals surface area contributed by atoms with Crippen molar-refractivity contribution in [2.45, 2.75) is 0 Å². The molecule has 1 aliphatic rings. The Morgan fingerprint density at radius 3 is 2.57 bits per heavy atom. The Balaban J connectivity index is 2.82. The third-order valence-corrected chi connectivity index (χ3v) is 1.30. The molecule has 0 saturated carbocycles. The van der Waals surface area contributed by atoms with Crippen LogP contribution < -0.4 is 0 Å². The Morgan fingerprint density at radius 1 is 1.43 bits per heavy atom. The lowest BCUT2D eigenvalue weighted by molar-refractivity contribution is 0.656. The van der Waals surface area contributed by atoms with Gasteiger partial charge in [0.2, 0.25) is 0 Å². The summed E-state index contributed by atoms with van der Waals surface area (Å²) in [5.74, 6) is 0. The third kappa shape index (κ3) is 1.25. The maximum atomic E-state index is 8.63. The Bertz CT molecular complexity index is 148. The van der Waals surface area contributed by atoms with Crippen molar-refractivity contribution in [2.75, 3.05) is 0 Å². The number of rotatable bonds is 0. The molecule has 0 amide bonds. The molecule has 0 aromatic heterocycles. The van der Waals surface area contributed by atoms with Gasteiger partial charge in [-0.05, 0) is 6.08 Å². The second kappa shape index (κ2) is 2.04. The highest BCUT2D eigenvalue weighted by atomic mass is 32.2. The Morgan fingerprint density at radius 2 is 2.29 bits per heavy atom. The zero-order valence-electron chi connectivity index (χ0n) is 3.61. The summed E-state index contributed by atoms with van der Waals surface area (Å²) in [6.07, 6.45) is 5.14. The predicted octanol–water partition coefficient (Wildman–Crippen LogP) is 1.30. The van der Waals surface area contributed by atoms with Crippen LogP contribution in [-0.4, -0.2) is 4.55 Å². The maximum absolute atomic E-state index is 8.63. The van der Waals surface area contributed by atoms with Crippen LogP contribution in [0, 0.1) is 0 Å². The summed E-state index contributed by atoms with van der Waals surface area (Å²) in [4.78, 5) is 0. The summed E-state index contributed by atoms with van der Waals surface area (Å²) in [5, 5.41) is 1.64. The second-order valence-electron chi connectivity index (χ2n) is 1.07. The molecule has 1 atom stereocenters. The minimum Gasteiger partial charge on any atom is -0.318 e. The fourth-order valence-electron chi connectivity index (χ4n) is 0.298. The molecule has 0 saturated heterocycles. The lowest BCUT2D eigenvalue weighted by Gasteiger charge is -1.88. The van der Waals surface area contributed by atoms with Gasteiger partial charge in [-0.15, -0.1) is 0 Å². The van der Waals surface area contributed by atoms with Crippen LogP contribution in [0.5, 0.6) is 0 Å². The summed E-state index contributed by atoms with van der Waals surface area (Å²) in [6.45, 7) is 0. The average molecular weight is 115 g/mol. The summed E-state index contributed by atoms with van der Waals surface area (Å²) >= 11 is 0. The van der Waals surface area contributed by atoms with Crippen molar-refractivity contribution < 1.29 is 4.55 Å². The van der Waals surface area contributed by atoms with Crippen molar-refractivity contribution in [1.29, 1.82) is 0 Å². The number of hydrogen-bond donors (Lipinski definition) is 1. The molecule has 7 heavy (non-hydrogen) atoms. The molecule has 2 nitrogen and oxygen atoms in total. The van der Waals surface area contributed by atoms with Gasteiger partial charge in [-0.3, -0.25) is 0 Å². The zero-order chi connectivity index (χ0) is 5.11. The van der Waals surface area contributed by atoms with Gasteiger partial charge in [0.05, 0.1) is 11.0 Å². The number of hydrogen-bond acceptors (Lipinski definition) is 1. The van der Waals surface area contributed by atoms with Crippen molar-refractivity contribution in [3.8, 4) is 0 Å². The smallest absolute Gasteiger partial charge is 0.0569 e. The van der Waals surface area contributed by atoms with Gasteiger partial charge in [0.25, 0.3) is 0 Å². The van der Waals surface area contributed by atoms with Crippen LogP contribution in [0.25, 0.3) is 0 Å². The molecule has 0 radical (unpaired) electrons. The van der Waals surface area contributed by atoms with E-state index in [0.717, 1.165) is 0 Å². The first kappa shape index (κ1) is 4.74. The van der Waals surface area contributed by atoms with Crippen LogP contribution in [0.2, 0.25) is 0 Å². The summed E-state index contributed by atoms with van der Waals surface area (Å²) in [5.41, 5.74) is 0. The largest absolute Gasteiger partial charge is 0.318 e. The minimum absolute atomic E-state index is 0.833. The number of nitrogens with zero attached hydrogens (tertiary/aromatic N) is 1. The van der Waals surface area contributed by atoms with Crippen molar-refractivity contribution >= 4 is 11.0 Å². The lowest BCUT2D eigenvalue weighted by Crippen LogP contribution is -1.78. The SMILES string of the molecule is OS1=NC=CC=C1. The van der Waals surface area contributed by atoms with Crippen LogP contribution in [-0.2, 0) is 11.0 Å². The molecule has 0 aromatic carbocycles. The van der Waals surface area contributed by atoms with E-state index >= 15 is 0 Å². The minimum atomic E-state index is -0.833. The quantitative estimate of drug-likeness (QED) is 0.507. The Labute approximate surface area is 44.5 Å². The number of allylic oxidation sites excluding steroid dienone is 2. The van der Waals surface area contributed by atoms with Gasteiger partial charge in [-0.25, -0.2) is 4.36 Å². The van der Waals surface area contributed by atoms with Gasteiger partial charge < -0.3 is 4.55 Å². The normalized spacial score (nSPS) is 27.3. The predicted molar refractivity (Wildman–Crippen MR) is 30.7 cm³/mol. The van der Waals surface area contributed by atoms with Gasteiger partial charge >= 0.3 is 0 Å². The zero-order valence-corrected chi connectivity index (χ0v) is 4.43. The van der Waals surface area contributed by atoms with Crippen LogP contribution in [0.15, 0.2) is 28.1 Å². The summed E-state index contributed by atoms with van der Waals surface area (Å²) in [7, 11) is -0.833. The molecule has 3 heteroatoms. The molecule has 0 bridgehead atoms. The first-order valence-electron chi connectivity index (χ1n) is 1.86. The first-order valence-corrected chi connectivity index (χ1v) is 3.06. The Kier molecular flexibility index (Phi) is 1.38. The van der Waals surface area contributed by atoms with E-state index < -0.39 is 11.0 Å². The fourth-order valence-corrected chi connectivity index (χ4v) is 0.794. The topological polar surface area (TPSA) is 32.6 Å². The molecule has 0 aromatic rings. The molecule has 0 fully saturated rings. The molecule has 0 aliphatic carbocycles. The highest BCUT2D eigenvalue weighted by Crippen LogP contribution is 1.93. The highest BCUT2D eigenvalue weighted by molar-refractivity contribution is 7.84. The van der Waals surface area contributed by atoms with Crippen molar-refractivity contribution in [3.05, 3.63) is 23.8 Å². The maximum Gasteiger partial charge on any atom is 0.0569 e. The van der Waals surface area contributed by atoms with Gasteiger partial charge in [-0.2, -0.15) is 0 Å². The molecule has 1 rings (SSSR count). The van der Waals surface area contributed by atoms with Gasteiger partial charge in [0.15, 0.2) is 0 Å². The molecule has 1 aliphatic heterocycles. The molecule has 1 N–H and O–H groups in total. The van der Waals surface area contributed by atoms with Gasteiger partial charge in [0.1, 0.15) is 0 Å². The highest BCUT2D eigenvalue weighted by Gasteiger charge is 1.80. The fraction of sp³-hybridized carbons (Fsp3) is 0. The average Bonchev–Trinajstić information content (AvgIpc) is 1.69. The van der Waals surface area contributed by atoms with Crippen molar-refractivity contribution in [2.24, 2.45) is 4.36 Å². The van der Waals surface area contributed by atoms with E-state index in [0.29, 0.717) is 0 Å². The van der Waals surface area contributed by atoms with Crippen molar-refractivity contribution in [3.63, 3.8) is 0 Å². The van der Waals surface area contributed by atoms with E-state index in [1.54, 1.807) is 23.8 Å². The van der Waals surface area contributed by atoms with E-state index in [4.69, 9.17) is 4.55 Å². The van der Waals surface area contributed by atoms with Gasteiger partial charge in [0, 0.05) is 11.6 Å². The van der Waals surface area contributed by atoms with Crippen LogP contribution in [0.1, 0.15) is 0 Å². The third-order valence-electron chi connectivity index (χ3n) is 0.566. The second-order valence-corrected chi connectivity index (χ2v) is 2.14. The van der Waals surface area contributed by atoms with E-state index in [9.17, 15) is 0 Å². The first-order chi connectivity index (χ1) is 3.39. The molecule has 0 spiro atoms. The molecular formula is C4H5NOS. The molecule has 38 valence electrons. The van der Waals surface area contributed by atoms with Crippen LogP contribution in [0.3, 0.4) is 0 Å². The summed E-state index contributed by atoms with van der Waals surface area (Å²) in [6, 6.07) is 0. The van der Waals surface area contributed by atoms with Gasteiger partial charge in [-0.1, -0.05) is 6.08 Å². The molecule has 1 heterocycles. The van der Waals surface area contributed by atoms with Crippen molar-refractivity contribution in [1.82, 2.24) is 0 Å². The van der Waals surface area contributed by atoms with Crippen LogP contribution >= 0.6 is 0 Å². The van der Waals surface area contributed by atoms with Crippen LogP contribution in [0.4, 0.5) is 0 Å².